The van der Waals surface area contributed by atoms with E-state index >= 15 is 0 Å². The molecule has 1 amide bonds. The molecule has 21 heavy (non-hydrogen) atoms. The summed E-state index contributed by atoms with van der Waals surface area (Å²) >= 11 is 0. The second-order valence-corrected chi connectivity index (χ2v) is 4.50. The predicted molar refractivity (Wildman–Crippen MR) is 77.9 cm³/mol. The van der Waals surface area contributed by atoms with Crippen LogP contribution < -0.4 is 11.5 Å². The van der Waals surface area contributed by atoms with E-state index in [1.54, 1.807) is 30.3 Å². The van der Waals surface area contributed by atoms with Gasteiger partial charge in [0.15, 0.2) is 5.82 Å². The van der Waals surface area contributed by atoms with Crippen LogP contribution in [-0.4, -0.2) is 15.9 Å². The second kappa shape index (κ2) is 4.82. The van der Waals surface area contributed by atoms with Crippen molar-refractivity contribution in [3.8, 4) is 11.4 Å². The number of amides is 1. The van der Waals surface area contributed by atoms with Gasteiger partial charge in [0.2, 0.25) is 0 Å². The first kappa shape index (κ1) is 13.0. The van der Waals surface area contributed by atoms with E-state index in [9.17, 15) is 9.18 Å². The number of nitrogens with two attached hydrogens (primary N) is 2. The Balaban J connectivity index is 2.24. The van der Waals surface area contributed by atoms with Gasteiger partial charge in [-0.15, -0.1) is 0 Å². The maximum absolute atomic E-state index is 13.8. The predicted octanol–water partition coefficient (Wildman–Crippen LogP) is 2.12. The lowest BCUT2D eigenvalue weighted by Crippen LogP contribution is -2.15. The average molecular weight is 282 g/mol. The van der Waals surface area contributed by atoms with Gasteiger partial charge in [0, 0.05) is 17.1 Å². The highest BCUT2D eigenvalue weighted by Crippen LogP contribution is 2.28. The number of carbonyl (C=O) groups excluding carboxylic acids is 1. The number of halogens is 1. The van der Waals surface area contributed by atoms with Crippen LogP contribution in [0.15, 0.2) is 42.6 Å². The van der Waals surface area contributed by atoms with Gasteiger partial charge < -0.3 is 11.5 Å². The summed E-state index contributed by atoms with van der Waals surface area (Å²) in [6.45, 7) is 0. The SMILES string of the molecule is NC(=O)c1cnc(-c2ccc(F)c3ccccc23)nc1N. The van der Waals surface area contributed by atoms with Crippen LogP contribution in [0.4, 0.5) is 10.2 Å². The van der Waals surface area contributed by atoms with Gasteiger partial charge in [-0.1, -0.05) is 24.3 Å². The van der Waals surface area contributed by atoms with E-state index < -0.39 is 5.91 Å². The van der Waals surface area contributed by atoms with Gasteiger partial charge >= 0.3 is 0 Å². The number of hydrogen-bond acceptors (Lipinski definition) is 4. The minimum Gasteiger partial charge on any atom is -0.383 e. The van der Waals surface area contributed by atoms with Gasteiger partial charge in [-0.2, -0.15) is 0 Å². The van der Waals surface area contributed by atoms with E-state index in [-0.39, 0.29) is 17.2 Å². The maximum Gasteiger partial charge on any atom is 0.254 e. The van der Waals surface area contributed by atoms with Gasteiger partial charge in [-0.3, -0.25) is 4.79 Å². The van der Waals surface area contributed by atoms with E-state index in [1.807, 2.05) is 0 Å². The number of primary amides is 1. The Kier molecular flexibility index (Phi) is 2.98. The molecule has 0 unspecified atom stereocenters. The van der Waals surface area contributed by atoms with E-state index in [2.05, 4.69) is 9.97 Å². The lowest BCUT2D eigenvalue weighted by molar-refractivity contribution is 0.100. The highest BCUT2D eigenvalue weighted by atomic mass is 19.1. The number of aromatic nitrogens is 2. The number of hydrogen-bond donors (Lipinski definition) is 2. The van der Waals surface area contributed by atoms with Crippen LogP contribution in [0.2, 0.25) is 0 Å². The summed E-state index contributed by atoms with van der Waals surface area (Å²) < 4.78 is 13.8. The molecule has 0 aliphatic carbocycles. The fourth-order valence-electron chi connectivity index (χ4n) is 2.17. The minimum absolute atomic E-state index is 0.000839. The van der Waals surface area contributed by atoms with Crippen molar-refractivity contribution >= 4 is 22.5 Å². The molecule has 5 nitrogen and oxygen atoms in total. The molecule has 104 valence electrons. The number of anilines is 1. The Labute approximate surface area is 119 Å². The number of rotatable bonds is 2. The minimum atomic E-state index is -0.692. The summed E-state index contributed by atoms with van der Waals surface area (Å²) in [5, 5.41) is 1.14. The second-order valence-electron chi connectivity index (χ2n) is 4.50. The topological polar surface area (TPSA) is 94.9 Å². The zero-order chi connectivity index (χ0) is 15.0. The van der Waals surface area contributed by atoms with Crippen LogP contribution in [0, 0.1) is 5.82 Å². The largest absolute Gasteiger partial charge is 0.383 e. The van der Waals surface area contributed by atoms with Gasteiger partial charge in [0.1, 0.15) is 11.6 Å². The summed E-state index contributed by atoms with van der Waals surface area (Å²) in [6.07, 6.45) is 1.28. The van der Waals surface area contributed by atoms with Crippen molar-refractivity contribution in [2.24, 2.45) is 5.73 Å². The molecule has 1 aromatic heterocycles. The number of carbonyl (C=O) groups is 1. The summed E-state index contributed by atoms with van der Waals surface area (Å²) in [6, 6.07) is 9.92. The monoisotopic (exact) mass is 282 g/mol. The molecule has 0 saturated heterocycles. The number of nitrogen functional groups attached to an aromatic ring is 1. The molecule has 0 spiro atoms. The summed E-state index contributed by atoms with van der Waals surface area (Å²) in [5.74, 6) is -0.700. The third kappa shape index (κ3) is 2.16. The number of fused-ring (bicyclic) bond motifs is 1. The standard InChI is InChI=1S/C15H11FN4O/c16-12-6-5-10(8-3-1-2-4-9(8)12)15-19-7-11(14(18)21)13(17)20-15/h1-7H,(H2,18,21)(H2,17,19,20). The molecule has 0 atom stereocenters. The molecule has 0 aliphatic rings. The normalized spacial score (nSPS) is 10.7. The van der Waals surface area contributed by atoms with Gasteiger partial charge in [0.25, 0.3) is 5.91 Å². The fraction of sp³-hybridized carbons (Fsp3) is 0. The van der Waals surface area contributed by atoms with Crippen molar-refractivity contribution in [2.75, 3.05) is 5.73 Å². The third-order valence-electron chi connectivity index (χ3n) is 3.20. The molecular formula is C15H11FN4O. The van der Waals surface area contributed by atoms with E-state index in [1.165, 1.54) is 12.3 Å². The van der Waals surface area contributed by atoms with Crippen molar-refractivity contribution in [1.82, 2.24) is 9.97 Å². The quantitative estimate of drug-likeness (QED) is 0.752. The Morgan fingerprint density at radius 2 is 1.81 bits per heavy atom. The lowest BCUT2D eigenvalue weighted by atomic mass is 10.0. The van der Waals surface area contributed by atoms with E-state index in [4.69, 9.17) is 11.5 Å². The van der Waals surface area contributed by atoms with Crippen LogP contribution >= 0.6 is 0 Å². The zero-order valence-corrected chi connectivity index (χ0v) is 10.9. The van der Waals surface area contributed by atoms with Crippen LogP contribution in [0.1, 0.15) is 10.4 Å². The van der Waals surface area contributed by atoms with Crippen molar-refractivity contribution < 1.29 is 9.18 Å². The van der Waals surface area contributed by atoms with Crippen LogP contribution in [0.25, 0.3) is 22.2 Å². The molecule has 1 heterocycles. The Hall–Kier alpha value is -3.02. The Morgan fingerprint density at radius 1 is 1.10 bits per heavy atom. The van der Waals surface area contributed by atoms with Crippen molar-refractivity contribution in [3.63, 3.8) is 0 Å². The highest BCUT2D eigenvalue weighted by Gasteiger charge is 2.13. The third-order valence-corrected chi connectivity index (χ3v) is 3.20. The molecule has 0 fully saturated rings. The molecule has 3 rings (SSSR count). The van der Waals surface area contributed by atoms with Gasteiger partial charge in [-0.25, -0.2) is 14.4 Å². The van der Waals surface area contributed by atoms with E-state index in [0.29, 0.717) is 22.2 Å². The maximum atomic E-state index is 13.8. The van der Waals surface area contributed by atoms with Gasteiger partial charge in [0.05, 0.1) is 5.56 Å². The molecule has 4 N–H and O–H groups in total. The first-order valence-electron chi connectivity index (χ1n) is 6.18. The smallest absolute Gasteiger partial charge is 0.254 e. The number of nitrogens with zero attached hydrogens (tertiary/aromatic N) is 2. The molecule has 3 aromatic rings. The first-order valence-corrected chi connectivity index (χ1v) is 6.18. The lowest BCUT2D eigenvalue weighted by Gasteiger charge is -2.08. The Bertz CT molecular complexity index is 863. The molecule has 0 saturated carbocycles. The molecule has 2 aromatic carbocycles. The molecule has 0 radical (unpaired) electrons. The van der Waals surface area contributed by atoms with Crippen LogP contribution in [0.3, 0.4) is 0 Å². The number of benzene rings is 2. The summed E-state index contributed by atoms with van der Waals surface area (Å²) in [4.78, 5) is 19.3. The summed E-state index contributed by atoms with van der Waals surface area (Å²) in [7, 11) is 0. The Morgan fingerprint density at radius 3 is 2.48 bits per heavy atom. The average Bonchev–Trinajstić information content (AvgIpc) is 2.47. The fourth-order valence-corrected chi connectivity index (χ4v) is 2.17. The zero-order valence-electron chi connectivity index (χ0n) is 10.9. The highest BCUT2D eigenvalue weighted by molar-refractivity contribution is 5.98. The van der Waals surface area contributed by atoms with Gasteiger partial charge in [-0.05, 0) is 17.5 Å². The summed E-state index contributed by atoms with van der Waals surface area (Å²) in [5.41, 5.74) is 11.6. The van der Waals surface area contributed by atoms with Crippen molar-refractivity contribution in [2.45, 2.75) is 0 Å². The molecule has 0 bridgehead atoms. The van der Waals surface area contributed by atoms with Crippen molar-refractivity contribution in [3.05, 3.63) is 54.0 Å². The molecular weight excluding hydrogens is 271 g/mol. The van der Waals surface area contributed by atoms with Crippen LogP contribution in [0.5, 0.6) is 0 Å². The first-order chi connectivity index (χ1) is 10.1. The molecule has 0 aliphatic heterocycles. The van der Waals surface area contributed by atoms with Crippen molar-refractivity contribution in [1.29, 1.82) is 0 Å². The van der Waals surface area contributed by atoms with E-state index in [0.717, 1.165) is 0 Å². The molecule has 6 heteroatoms. The van der Waals surface area contributed by atoms with Crippen LogP contribution in [-0.2, 0) is 0 Å².